The van der Waals surface area contributed by atoms with Gasteiger partial charge in [0.2, 0.25) is 5.60 Å². The molecule has 0 spiro atoms. The van der Waals surface area contributed by atoms with Gasteiger partial charge < -0.3 is 9.47 Å². The molecule has 2 aromatic rings. The first-order valence-corrected chi connectivity index (χ1v) is 8.54. The molecule has 24 heavy (non-hydrogen) atoms. The average molecular weight is 347 g/mol. The van der Waals surface area contributed by atoms with Crippen molar-refractivity contribution in [1.29, 1.82) is 0 Å². The van der Waals surface area contributed by atoms with E-state index < -0.39 is 5.60 Å². The minimum atomic E-state index is -0.965. The van der Waals surface area contributed by atoms with Crippen molar-refractivity contribution in [3.63, 3.8) is 0 Å². The van der Waals surface area contributed by atoms with Crippen molar-refractivity contribution in [2.75, 3.05) is 6.61 Å². The summed E-state index contributed by atoms with van der Waals surface area (Å²) in [5, 5.41) is 0.736. The Labute approximate surface area is 148 Å². The molecule has 0 saturated carbocycles. The van der Waals surface area contributed by atoms with E-state index in [4.69, 9.17) is 21.1 Å². The standard InChI is InChI=1S/C20H23ClO3/c1-4-20(3,19(22)23-5-2)24-18-12-8-16(9-13-18)14-15-6-10-17(21)11-7-15/h6-13H,4-5,14H2,1-3H3/t20-/m1/s1. The molecular formula is C20H23ClO3. The largest absolute Gasteiger partial charge is 0.476 e. The van der Waals surface area contributed by atoms with Gasteiger partial charge in [-0.05, 0) is 62.1 Å². The lowest BCUT2D eigenvalue weighted by atomic mass is 10.0. The molecule has 0 aliphatic heterocycles. The summed E-state index contributed by atoms with van der Waals surface area (Å²) in [5.41, 5.74) is 1.39. The summed E-state index contributed by atoms with van der Waals surface area (Å²) in [4.78, 5) is 12.1. The maximum absolute atomic E-state index is 12.1. The Morgan fingerprint density at radius 2 is 1.54 bits per heavy atom. The van der Waals surface area contributed by atoms with Gasteiger partial charge in [0, 0.05) is 5.02 Å². The summed E-state index contributed by atoms with van der Waals surface area (Å²) in [6.45, 7) is 5.80. The van der Waals surface area contributed by atoms with Crippen LogP contribution in [0.15, 0.2) is 48.5 Å². The Hall–Kier alpha value is -2.00. The van der Waals surface area contributed by atoms with E-state index in [0.29, 0.717) is 18.8 Å². The van der Waals surface area contributed by atoms with Gasteiger partial charge in [0.15, 0.2) is 0 Å². The molecule has 0 bridgehead atoms. The van der Waals surface area contributed by atoms with Gasteiger partial charge in [-0.2, -0.15) is 0 Å². The monoisotopic (exact) mass is 346 g/mol. The van der Waals surface area contributed by atoms with Crippen molar-refractivity contribution in [3.8, 4) is 5.75 Å². The molecule has 3 nitrogen and oxygen atoms in total. The first kappa shape index (κ1) is 18.3. The minimum absolute atomic E-state index is 0.335. The van der Waals surface area contributed by atoms with Crippen LogP contribution in [0.4, 0.5) is 0 Å². The highest BCUT2D eigenvalue weighted by Gasteiger charge is 2.35. The van der Waals surface area contributed by atoms with Gasteiger partial charge in [-0.15, -0.1) is 0 Å². The summed E-state index contributed by atoms with van der Waals surface area (Å²) >= 11 is 5.90. The normalized spacial score (nSPS) is 13.2. The molecule has 0 fully saturated rings. The van der Waals surface area contributed by atoms with Crippen LogP contribution in [0.5, 0.6) is 5.75 Å². The summed E-state index contributed by atoms with van der Waals surface area (Å²) in [7, 11) is 0. The number of hydrogen-bond donors (Lipinski definition) is 0. The van der Waals surface area contributed by atoms with Crippen LogP contribution in [-0.4, -0.2) is 18.2 Å². The molecule has 0 N–H and O–H groups in total. The minimum Gasteiger partial charge on any atom is -0.476 e. The highest BCUT2D eigenvalue weighted by atomic mass is 35.5. The van der Waals surface area contributed by atoms with Crippen LogP contribution < -0.4 is 4.74 Å². The summed E-state index contributed by atoms with van der Waals surface area (Å²) in [6, 6.07) is 15.6. The van der Waals surface area contributed by atoms with Gasteiger partial charge in [-0.25, -0.2) is 4.79 Å². The van der Waals surface area contributed by atoms with E-state index in [-0.39, 0.29) is 5.97 Å². The first-order valence-electron chi connectivity index (χ1n) is 8.16. The molecule has 0 unspecified atom stereocenters. The SMILES string of the molecule is CCOC(=O)[C@@](C)(CC)Oc1ccc(Cc2ccc(Cl)cc2)cc1. The zero-order valence-corrected chi connectivity index (χ0v) is 15.1. The molecular weight excluding hydrogens is 324 g/mol. The second-order valence-electron chi connectivity index (χ2n) is 5.85. The molecule has 2 aromatic carbocycles. The van der Waals surface area contributed by atoms with Crippen molar-refractivity contribution in [1.82, 2.24) is 0 Å². The van der Waals surface area contributed by atoms with Gasteiger partial charge in [0.25, 0.3) is 0 Å². The third-order valence-electron chi connectivity index (χ3n) is 3.97. The van der Waals surface area contributed by atoms with E-state index in [9.17, 15) is 4.79 Å². The van der Waals surface area contributed by atoms with Gasteiger partial charge in [0.05, 0.1) is 6.61 Å². The highest BCUT2D eigenvalue weighted by Crippen LogP contribution is 2.24. The van der Waals surface area contributed by atoms with Crippen molar-refractivity contribution >= 4 is 17.6 Å². The van der Waals surface area contributed by atoms with Crippen molar-refractivity contribution in [3.05, 3.63) is 64.7 Å². The van der Waals surface area contributed by atoms with E-state index in [2.05, 4.69) is 0 Å². The highest BCUT2D eigenvalue weighted by molar-refractivity contribution is 6.30. The molecule has 4 heteroatoms. The van der Waals surface area contributed by atoms with E-state index >= 15 is 0 Å². The Bertz CT molecular complexity index is 664. The maximum atomic E-state index is 12.1. The number of carbonyl (C=O) groups excluding carboxylic acids is 1. The molecule has 0 aromatic heterocycles. The fraction of sp³-hybridized carbons (Fsp3) is 0.350. The fourth-order valence-corrected chi connectivity index (χ4v) is 2.44. The van der Waals surface area contributed by atoms with E-state index in [1.54, 1.807) is 13.8 Å². The Morgan fingerprint density at radius 3 is 2.04 bits per heavy atom. The lowest BCUT2D eigenvalue weighted by molar-refractivity contribution is -0.160. The van der Waals surface area contributed by atoms with Crippen LogP contribution >= 0.6 is 11.6 Å². The summed E-state index contributed by atoms with van der Waals surface area (Å²) in [6.07, 6.45) is 1.36. The molecule has 2 rings (SSSR count). The zero-order valence-electron chi connectivity index (χ0n) is 14.3. The predicted octanol–water partition coefficient (Wildman–Crippen LogP) is 5.04. The fourth-order valence-electron chi connectivity index (χ4n) is 2.32. The van der Waals surface area contributed by atoms with E-state index in [0.717, 1.165) is 11.4 Å². The smallest absolute Gasteiger partial charge is 0.350 e. The third-order valence-corrected chi connectivity index (χ3v) is 4.22. The van der Waals surface area contributed by atoms with Crippen LogP contribution in [0.1, 0.15) is 38.3 Å². The summed E-state index contributed by atoms with van der Waals surface area (Å²) < 4.78 is 11.0. The van der Waals surface area contributed by atoms with Gasteiger partial charge in [-0.1, -0.05) is 42.8 Å². The number of carbonyl (C=O) groups is 1. The molecule has 0 amide bonds. The van der Waals surface area contributed by atoms with Gasteiger partial charge in [0.1, 0.15) is 5.75 Å². The molecule has 1 atom stereocenters. The third kappa shape index (κ3) is 4.75. The van der Waals surface area contributed by atoms with Crippen LogP contribution in [0, 0.1) is 0 Å². The van der Waals surface area contributed by atoms with E-state index in [1.165, 1.54) is 11.1 Å². The Balaban J connectivity index is 2.05. The Morgan fingerprint density at radius 1 is 1.00 bits per heavy atom. The van der Waals surface area contributed by atoms with E-state index in [1.807, 2.05) is 55.5 Å². The average Bonchev–Trinajstić information content (AvgIpc) is 2.59. The number of benzene rings is 2. The molecule has 0 aliphatic rings. The predicted molar refractivity (Wildman–Crippen MR) is 96.7 cm³/mol. The zero-order chi connectivity index (χ0) is 17.6. The lowest BCUT2D eigenvalue weighted by Crippen LogP contribution is -2.42. The maximum Gasteiger partial charge on any atom is 0.350 e. The van der Waals surface area contributed by atoms with Crippen molar-refractivity contribution < 1.29 is 14.3 Å². The second-order valence-corrected chi connectivity index (χ2v) is 6.29. The van der Waals surface area contributed by atoms with Crippen LogP contribution in [-0.2, 0) is 16.0 Å². The number of hydrogen-bond acceptors (Lipinski definition) is 3. The number of esters is 1. The van der Waals surface area contributed by atoms with Crippen molar-refractivity contribution in [2.24, 2.45) is 0 Å². The van der Waals surface area contributed by atoms with Crippen LogP contribution in [0.25, 0.3) is 0 Å². The Kier molecular flexibility index (Phi) is 6.27. The first-order chi connectivity index (χ1) is 11.5. The van der Waals surface area contributed by atoms with Crippen LogP contribution in [0.2, 0.25) is 5.02 Å². The molecule has 128 valence electrons. The topological polar surface area (TPSA) is 35.5 Å². The van der Waals surface area contributed by atoms with Crippen molar-refractivity contribution in [2.45, 2.75) is 39.2 Å². The van der Waals surface area contributed by atoms with Gasteiger partial charge >= 0.3 is 5.97 Å². The molecule has 0 radical (unpaired) electrons. The number of halogens is 1. The second kappa shape index (κ2) is 8.20. The van der Waals surface area contributed by atoms with Crippen LogP contribution in [0.3, 0.4) is 0 Å². The lowest BCUT2D eigenvalue weighted by Gasteiger charge is -2.27. The quantitative estimate of drug-likeness (QED) is 0.659. The van der Waals surface area contributed by atoms with Gasteiger partial charge in [-0.3, -0.25) is 0 Å². The summed E-state index contributed by atoms with van der Waals surface area (Å²) in [5.74, 6) is 0.324. The molecule has 0 saturated heterocycles. The number of rotatable bonds is 7. The molecule has 0 aliphatic carbocycles. The molecule has 0 heterocycles. The number of ether oxygens (including phenoxy) is 2.